The normalized spacial score (nSPS) is 9.64. The van der Waals surface area contributed by atoms with Crippen LogP contribution < -0.4 is 10.7 Å². The van der Waals surface area contributed by atoms with Crippen LogP contribution in [0.3, 0.4) is 0 Å². The zero-order chi connectivity index (χ0) is 17.8. The molecule has 10 nitrogen and oxygen atoms in total. The summed E-state index contributed by atoms with van der Waals surface area (Å²) in [5, 5.41) is 43.0. The fraction of sp³-hybridized carbons (Fsp3) is 0. The van der Waals surface area contributed by atoms with Crippen LogP contribution in [0, 0.1) is 34.0 Å². The molecular weight excluding hydrogens is 324 g/mol. The van der Waals surface area contributed by atoms with Crippen LogP contribution in [0.5, 0.6) is 0 Å². The van der Waals surface area contributed by atoms with Gasteiger partial charge < -0.3 is 9.73 Å². The third kappa shape index (κ3) is 2.77. The second-order valence-corrected chi connectivity index (χ2v) is 4.60. The zero-order valence-electron chi connectivity index (χ0n) is 12.3. The molecule has 10 heteroatoms. The third-order valence-electron chi connectivity index (χ3n) is 3.17. The number of nitriles is 3. The summed E-state index contributed by atoms with van der Waals surface area (Å²) in [6.07, 6.45) is 0. The molecule has 1 aromatic carbocycles. The number of nitrogens with one attached hydrogen (secondary N) is 2. The number of hydrogen-bond acceptors (Lipinski definition) is 9. The number of benzene rings is 1. The van der Waals surface area contributed by atoms with E-state index in [1.54, 1.807) is 24.3 Å². The molecule has 118 valence electrons. The van der Waals surface area contributed by atoms with Gasteiger partial charge in [0.2, 0.25) is 5.82 Å². The van der Waals surface area contributed by atoms with E-state index >= 15 is 0 Å². The highest BCUT2D eigenvalue weighted by Gasteiger charge is 2.15. The van der Waals surface area contributed by atoms with Crippen LogP contribution in [0.2, 0.25) is 0 Å². The Labute approximate surface area is 139 Å². The molecule has 25 heavy (non-hydrogen) atoms. The first-order valence-electron chi connectivity index (χ1n) is 6.70. The zero-order valence-corrected chi connectivity index (χ0v) is 12.3. The molecule has 0 fully saturated rings. The van der Waals surface area contributed by atoms with Crippen LogP contribution in [-0.4, -0.2) is 20.6 Å². The van der Waals surface area contributed by atoms with E-state index in [0.29, 0.717) is 0 Å². The van der Waals surface area contributed by atoms with Gasteiger partial charge >= 0.3 is 0 Å². The molecule has 2 aromatic heterocycles. The van der Waals surface area contributed by atoms with Gasteiger partial charge in [-0.15, -0.1) is 10.2 Å². The Morgan fingerprint density at radius 2 is 2.00 bits per heavy atom. The van der Waals surface area contributed by atoms with E-state index in [1.807, 2.05) is 0 Å². The highest BCUT2D eigenvalue weighted by molar-refractivity contribution is 5.90. The predicted molar refractivity (Wildman–Crippen MR) is 83.1 cm³/mol. The number of aromatic amines is 1. The van der Waals surface area contributed by atoms with E-state index in [-0.39, 0.29) is 39.4 Å². The van der Waals surface area contributed by atoms with Gasteiger partial charge in [-0.1, -0.05) is 6.07 Å². The summed E-state index contributed by atoms with van der Waals surface area (Å²) in [5.74, 6) is 0.156. The van der Waals surface area contributed by atoms with Gasteiger partial charge in [-0.05, 0) is 17.3 Å². The molecule has 0 aliphatic carbocycles. The summed E-state index contributed by atoms with van der Waals surface area (Å²) in [7, 11) is 0. The quantitative estimate of drug-likeness (QED) is 0.670. The molecule has 0 bridgehead atoms. The van der Waals surface area contributed by atoms with Gasteiger partial charge in [0.25, 0.3) is 0 Å². The van der Waals surface area contributed by atoms with Crippen LogP contribution in [-0.2, 0) is 0 Å². The summed E-state index contributed by atoms with van der Waals surface area (Å²) in [6.45, 7) is 0. The molecule has 3 rings (SSSR count). The SMILES string of the molecule is N#CC(C#N)=C(C#N)Nc1cccc2c(=O)cc(-c3nn[nH]n3)oc12. The molecule has 0 unspecified atom stereocenters. The van der Waals surface area contributed by atoms with E-state index < -0.39 is 5.57 Å². The molecule has 0 aliphatic rings. The van der Waals surface area contributed by atoms with Gasteiger partial charge in [0.05, 0.1) is 11.1 Å². The second-order valence-electron chi connectivity index (χ2n) is 4.60. The number of hydrogen-bond donors (Lipinski definition) is 2. The summed E-state index contributed by atoms with van der Waals surface area (Å²) in [6, 6.07) is 10.9. The maximum atomic E-state index is 12.3. The third-order valence-corrected chi connectivity index (χ3v) is 3.17. The molecule has 2 N–H and O–H groups in total. The van der Waals surface area contributed by atoms with Crippen LogP contribution in [0.15, 0.2) is 44.7 Å². The van der Waals surface area contributed by atoms with Gasteiger partial charge in [-0.25, -0.2) is 0 Å². The Morgan fingerprint density at radius 1 is 1.20 bits per heavy atom. The summed E-state index contributed by atoms with van der Waals surface area (Å²) in [4.78, 5) is 12.3. The molecule has 0 saturated heterocycles. The van der Waals surface area contributed by atoms with Crippen molar-refractivity contribution in [1.82, 2.24) is 20.6 Å². The van der Waals surface area contributed by atoms with Gasteiger partial charge in [0.1, 0.15) is 23.9 Å². The smallest absolute Gasteiger partial charge is 0.239 e. The summed E-state index contributed by atoms with van der Waals surface area (Å²) in [5.41, 5.74) is -0.647. The Morgan fingerprint density at radius 3 is 2.64 bits per heavy atom. The lowest BCUT2D eigenvalue weighted by molar-refractivity contribution is 0.614. The highest BCUT2D eigenvalue weighted by Crippen LogP contribution is 2.26. The molecule has 2 heterocycles. The minimum Gasteiger partial charge on any atom is -0.450 e. The number of fused-ring (bicyclic) bond motifs is 1. The van der Waals surface area contributed by atoms with Crippen LogP contribution in [0.25, 0.3) is 22.6 Å². The summed E-state index contributed by atoms with van der Waals surface area (Å²) >= 11 is 0. The number of allylic oxidation sites excluding steroid dienone is 2. The van der Waals surface area contributed by atoms with E-state index in [1.165, 1.54) is 18.2 Å². The Balaban J connectivity index is 2.22. The fourth-order valence-corrected chi connectivity index (χ4v) is 2.07. The van der Waals surface area contributed by atoms with Crippen molar-refractivity contribution in [2.24, 2.45) is 0 Å². The molecule has 0 spiro atoms. The molecule has 3 aromatic rings. The van der Waals surface area contributed by atoms with Gasteiger partial charge in [0.15, 0.2) is 22.3 Å². The number of para-hydroxylation sites is 1. The van der Waals surface area contributed by atoms with E-state index in [2.05, 4.69) is 25.9 Å². The second kappa shape index (κ2) is 6.32. The predicted octanol–water partition coefficient (Wildman–Crippen LogP) is 1.21. The maximum Gasteiger partial charge on any atom is 0.239 e. The lowest BCUT2D eigenvalue weighted by atomic mass is 10.1. The average Bonchev–Trinajstić information content (AvgIpc) is 3.17. The summed E-state index contributed by atoms with van der Waals surface area (Å²) < 4.78 is 5.67. The van der Waals surface area contributed by atoms with E-state index in [9.17, 15) is 4.79 Å². The lowest BCUT2D eigenvalue weighted by Crippen LogP contribution is -2.05. The number of nitrogens with zero attached hydrogens (tertiary/aromatic N) is 6. The van der Waals surface area contributed by atoms with Crippen molar-refractivity contribution in [2.45, 2.75) is 0 Å². The first-order valence-corrected chi connectivity index (χ1v) is 6.70. The largest absolute Gasteiger partial charge is 0.450 e. The van der Waals surface area contributed by atoms with Crippen molar-refractivity contribution in [3.63, 3.8) is 0 Å². The Hall–Kier alpha value is -4.49. The maximum absolute atomic E-state index is 12.3. The average molecular weight is 330 g/mol. The minimum absolute atomic E-state index is 0.0729. The Bertz CT molecular complexity index is 1150. The minimum atomic E-state index is -0.392. The van der Waals surface area contributed by atoms with Crippen molar-refractivity contribution in [1.29, 1.82) is 15.8 Å². The van der Waals surface area contributed by atoms with Gasteiger partial charge in [-0.2, -0.15) is 21.0 Å². The number of H-pyrrole nitrogens is 1. The van der Waals surface area contributed by atoms with Gasteiger partial charge in [0, 0.05) is 6.07 Å². The number of anilines is 1. The topological polar surface area (TPSA) is 168 Å². The molecule has 0 atom stereocenters. The monoisotopic (exact) mass is 330 g/mol. The van der Waals surface area contributed by atoms with Gasteiger partial charge in [-0.3, -0.25) is 4.79 Å². The van der Waals surface area contributed by atoms with Crippen molar-refractivity contribution >= 4 is 16.7 Å². The molecular formula is C15H6N8O2. The van der Waals surface area contributed by atoms with E-state index in [0.717, 1.165) is 0 Å². The lowest BCUT2D eigenvalue weighted by Gasteiger charge is -2.08. The number of aromatic nitrogens is 4. The molecule has 0 radical (unpaired) electrons. The first kappa shape index (κ1) is 15.4. The number of tetrazole rings is 1. The van der Waals surface area contributed by atoms with Crippen LogP contribution in [0.4, 0.5) is 5.69 Å². The van der Waals surface area contributed by atoms with Crippen molar-refractivity contribution in [3.05, 3.63) is 45.8 Å². The van der Waals surface area contributed by atoms with Crippen LogP contribution >= 0.6 is 0 Å². The molecule has 0 saturated carbocycles. The Kier molecular flexibility index (Phi) is 3.90. The highest BCUT2D eigenvalue weighted by atomic mass is 16.3. The standard InChI is InChI=1S/C15H6N8O2/c16-5-8(6-17)11(7-18)19-10-3-1-2-9-12(24)4-13(25-14(9)10)15-20-22-23-21-15/h1-4,19H,(H,20,21,22,23). The van der Waals surface area contributed by atoms with Crippen molar-refractivity contribution in [3.8, 4) is 29.8 Å². The van der Waals surface area contributed by atoms with Crippen molar-refractivity contribution in [2.75, 3.05) is 5.32 Å². The van der Waals surface area contributed by atoms with Crippen LogP contribution in [0.1, 0.15) is 0 Å². The van der Waals surface area contributed by atoms with E-state index in [4.69, 9.17) is 20.2 Å². The van der Waals surface area contributed by atoms with Crippen molar-refractivity contribution < 1.29 is 4.42 Å². The number of rotatable bonds is 3. The fourth-order valence-electron chi connectivity index (χ4n) is 2.07. The molecule has 0 aliphatic heterocycles. The first-order chi connectivity index (χ1) is 12.2. The molecule has 0 amide bonds.